The molecule has 2 fully saturated rings. The van der Waals surface area contributed by atoms with E-state index in [1.54, 1.807) is 12.1 Å². The molecular formula is C19H22ClN3O4S. The number of ether oxygens (including phenoxy) is 1. The van der Waals surface area contributed by atoms with Gasteiger partial charge in [-0.3, -0.25) is 19.3 Å². The minimum absolute atomic E-state index is 0.137. The van der Waals surface area contributed by atoms with E-state index in [1.807, 2.05) is 12.1 Å². The maximum atomic E-state index is 12.9. The summed E-state index contributed by atoms with van der Waals surface area (Å²) in [6.07, 6.45) is 1.65. The van der Waals surface area contributed by atoms with Crippen molar-refractivity contribution in [1.82, 2.24) is 15.5 Å². The summed E-state index contributed by atoms with van der Waals surface area (Å²) in [5, 5.41) is 6.76. The SMILES string of the molecule is COC(=O)C1CCC2C(=O)N(CC(=O)NCc3ccc(Cl)cc3)C(=S)NC2C1. The van der Waals surface area contributed by atoms with Crippen molar-refractivity contribution in [2.24, 2.45) is 11.8 Å². The lowest BCUT2D eigenvalue weighted by Gasteiger charge is -2.43. The third kappa shape index (κ3) is 4.62. The van der Waals surface area contributed by atoms with Crippen LogP contribution in [0.4, 0.5) is 0 Å². The first-order chi connectivity index (χ1) is 13.4. The highest BCUT2D eigenvalue weighted by Crippen LogP contribution is 2.33. The Bertz CT molecular complexity index is 786. The largest absolute Gasteiger partial charge is 0.469 e. The van der Waals surface area contributed by atoms with Crippen LogP contribution in [-0.4, -0.2) is 47.5 Å². The molecule has 2 amide bonds. The van der Waals surface area contributed by atoms with Gasteiger partial charge in [0.15, 0.2) is 5.11 Å². The maximum absolute atomic E-state index is 12.9. The van der Waals surface area contributed by atoms with Gasteiger partial charge < -0.3 is 15.4 Å². The van der Waals surface area contributed by atoms with Gasteiger partial charge in [0.2, 0.25) is 11.8 Å². The molecule has 3 atom stereocenters. The second kappa shape index (κ2) is 8.87. The molecule has 1 aliphatic heterocycles. The average molecular weight is 424 g/mol. The van der Waals surface area contributed by atoms with Crippen LogP contribution in [-0.2, 0) is 25.7 Å². The lowest BCUT2D eigenvalue weighted by molar-refractivity contribution is -0.149. The van der Waals surface area contributed by atoms with Gasteiger partial charge in [-0.15, -0.1) is 0 Å². The van der Waals surface area contributed by atoms with Crippen molar-refractivity contribution in [2.75, 3.05) is 13.7 Å². The lowest BCUT2D eigenvalue weighted by atomic mass is 9.76. The zero-order valence-electron chi connectivity index (χ0n) is 15.4. The minimum atomic E-state index is -0.297. The van der Waals surface area contributed by atoms with E-state index >= 15 is 0 Å². The standard InChI is InChI=1S/C19H22ClN3O4S/c1-27-18(26)12-4-7-14-15(8-12)22-19(28)23(17(14)25)10-16(24)21-9-11-2-5-13(20)6-3-11/h2-3,5-6,12,14-15H,4,7-10H2,1H3,(H,21,24)(H,22,28). The minimum Gasteiger partial charge on any atom is -0.469 e. The van der Waals surface area contributed by atoms with Gasteiger partial charge in [0.05, 0.1) is 18.9 Å². The van der Waals surface area contributed by atoms with Crippen LogP contribution in [0.15, 0.2) is 24.3 Å². The molecule has 1 saturated heterocycles. The number of hydrogen-bond acceptors (Lipinski definition) is 5. The number of methoxy groups -OCH3 is 1. The fourth-order valence-corrected chi connectivity index (χ4v) is 4.13. The van der Waals surface area contributed by atoms with Crippen molar-refractivity contribution in [1.29, 1.82) is 0 Å². The van der Waals surface area contributed by atoms with E-state index in [4.69, 9.17) is 28.6 Å². The highest BCUT2D eigenvalue weighted by molar-refractivity contribution is 7.80. The van der Waals surface area contributed by atoms with E-state index < -0.39 is 0 Å². The first kappa shape index (κ1) is 20.5. The molecule has 0 aromatic heterocycles. The summed E-state index contributed by atoms with van der Waals surface area (Å²) >= 11 is 11.1. The van der Waals surface area contributed by atoms with Gasteiger partial charge in [-0.25, -0.2) is 0 Å². The molecule has 1 aliphatic carbocycles. The Kier molecular flexibility index (Phi) is 6.51. The van der Waals surface area contributed by atoms with Gasteiger partial charge in [0.1, 0.15) is 6.54 Å². The number of nitrogens with one attached hydrogen (secondary N) is 2. The molecule has 1 aromatic carbocycles. The van der Waals surface area contributed by atoms with Crippen molar-refractivity contribution < 1.29 is 19.1 Å². The molecule has 1 saturated carbocycles. The fourth-order valence-electron chi connectivity index (χ4n) is 3.70. The number of fused-ring (bicyclic) bond motifs is 1. The van der Waals surface area contributed by atoms with Crippen LogP contribution in [0.5, 0.6) is 0 Å². The summed E-state index contributed by atoms with van der Waals surface area (Å²) in [5.74, 6) is -1.25. The Morgan fingerprint density at radius 3 is 2.71 bits per heavy atom. The molecular weight excluding hydrogens is 402 g/mol. The highest BCUT2D eigenvalue weighted by atomic mass is 35.5. The summed E-state index contributed by atoms with van der Waals surface area (Å²) in [4.78, 5) is 38.2. The van der Waals surface area contributed by atoms with Crippen LogP contribution in [0.25, 0.3) is 0 Å². The van der Waals surface area contributed by atoms with E-state index in [9.17, 15) is 14.4 Å². The molecule has 0 radical (unpaired) electrons. The van der Waals surface area contributed by atoms with Crippen LogP contribution < -0.4 is 10.6 Å². The predicted molar refractivity (Wildman–Crippen MR) is 107 cm³/mol. The van der Waals surface area contributed by atoms with E-state index in [0.717, 1.165) is 5.56 Å². The number of benzene rings is 1. The first-order valence-electron chi connectivity index (χ1n) is 9.10. The second-order valence-corrected chi connectivity index (χ2v) is 7.85. The Morgan fingerprint density at radius 1 is 1.32 bits per heavy atom. The first-order valence-corrected chi connectivity index (χ1v) is 9.88. The van der Waals surface area contributed by atoms with Crippen molar-refractivity contribution in [3.63, 3.8) is 0 Å². The summed E-state index contributed by atoms with van der Waals surface area (Å²) in [6, 6.07) is 6.95. The zero-order valence-corrected chi connectivity index (χ0v) is 17.0. The van der Waals surface area contributed by atoms with E-state index in [1.165, 1.54) is 12.0 Å². The molecule has 2 N–H and O–H groups in total. The maximum Gasteiger partial charge on any atom is 0.308 e. The Hall–Kier alpha value is -2.19. The number of halogens is 1. The molecule has 150 valence electrons. The van der Waals surface area contributed by atoms with E-state index in [2.05, 4.69) is 10.6 Å². The molecule has 0 bridgehead atoms. The Balaban J connectivity index is 1.56. The van der Waals surface area contributed by atoms with Crippen LogP contribution in [0.3, 0.4) is 0 Å². The van der Waals surface area contributed by atoms with Gasteiger partial charge in [-0.2, -0.15) is 0 Å². The van der Waals surface area contributed by atoms with Crippen LogP contribution in [0.1, 0.15) is 24.8 Å². The van der Waals surface area contributed by atoms with Crippen LogP contribution >= 0.6 is 23.8 Å². The number of nitrogens with zero attached hydrogens (tertiary/aromatic N) is 1. The molecule has 28 heavy (non-hydrogen) atoms. The van der Waals surface area contributed by atoms with Crippen molar-refractivity contribution in [2.45, 2.75) is 31.8 Å². The van der Waals surface area contributed by atoms with E-state index in [0.29, 0.717) is 30.8 Å². The van der Waals surface area contributed by atoms with Crippen LogP contribution in [0, 0.1) is 11.8 Å². The molecule has 1 heterocycles. The van der Waals surface area contributed by atoms with Gasteiger partial charge in [0.25, 0.3) is 0 Å². The normalized spacial score (nSPS) is 24.2. The lowest BCUT2D eigenvalue weighted by Crippen LogP contribution is -2.63. The number of esters is 1. The molecule has 2 aliphatic rings. The number of carbonyl (C=O) groups excluding carboxylic acids is 3. The van der Waals surface area contributed by atoms with Gasteiger partial charge in [-0.1, -0.05) is 23.7 Å². The highest BCUT2D eigenvalue weighted by Gasteiger charge is 2.44. The number of hydrogen-bond donors (Lipinski definition) is 2. The molecule has 3 rings (SSSR count). The third-order valence-corrected chi connectivity index (χ3v) is 5.82. The van der Waals surface area contributed by atoms with Crippen molar-refractivity contribution >= 4 is 46.7 Å². The molecule has 9 heteroatoms. The summed E-state index contributed by atoms with van der Waals surface area (Å²) < 4.78 is 4.81. The van der Waals surface area contributed by atoms with Crippen LogP contribution in [0.2, 0.25) is 5.02 Å². The monoisotopic (exact) mass is 423 g/mol. The van der Waals surface area contributed by atoms with Gasteiger partial charge >= 0.3 is 5.97 Å². The fraction of sp³-hybridized carbons (Fsp3) is 0.474. The summed E-state index contributed by atoms with van der Waals surface area (Å²) in [5.41, 5.74) is 0.907. The molecule has 1 aromatic rings. The van der Waals surface area contributed by atoms with Gasteiger partial charge in [0, 0.05) is 17.6 Å². The molecule has 7 nitrogen and oxygen atoms in total. The number of amides is 2. The quantitative estimate of drug-likeness (QED) is 0.553. The van der Waals surface area contributed by atoms with Crippen molar-refractivity contribution in [3.05, 3.63) is 34.9 Å². The number of thiocarbonyl (C=S) groups is 1. The van der Waals surface area contributed by atoms with Crippen molar-refractivity contribution in [3.8, 4) is 0 Å². The van der Waals surface area contributed by atoms with Gasteiger partial charge in [-0.05, 0) is 49.2 Å². The number of rotatable bonds is 5. The summed E-state index contributed by atoms with van der Waals surface area (Å²) in [7, 11) is 1.36. The Labute approximate surface area is 173 Å². The third-order valence-electron chi connectivity index (χ3n) is 5.23. The summed E-state index contributed by atoms with van der Waals surface area (Å²) in [6.45, 7) is 0.201. The smallest absolute Gasteiger partial charge is 0.308 e. The number of carbonyl (C=O) groups is 3. The zero-order chi connectivity index (χ0) is 20.3. The second-order valence-electron chi connectivity index (χ2n) is 7.02. The topological polar surface area (TPSA) is 87.7 Å². The molecule has 3 unspecified atom stereocenters. The predicted octanol–water partition coefficient (Wildman–Crippen LogP) is 1.63. The molecule has 0 spiro atoms. The average Bonchev–Trinajstić information content (AvgIpc) is 2.69. The van der Waals surface area contributed by atoms with E-state index in [-0.39, 0.29) is 47.3 Å². The Morgan fingerprint density at radius 2 is 2.04 bits per heavy atom.